The number of fused-ring (bicyclic) bond motifs is 10. The summed E-state index contributed by atoms with van der Waals surface area (Å²) in [6.07, 6.45) is 10.1. The van der Waals surface area contributed by atoms with Crippen LogP contribution in [0.5, 0.6) is 0 Å². The third-order valence-electron chi connectivity index (χ3n) is 7.67. The zero-order chi connectivity index (χ0) is 17.7. The third kappa shape index (κ3) is 1.59. The number of rotatable bonds is 3. The lowest BCUT2D eigenvalue weighted by atomic mass is 9.85. The molecule has 2 saturated heterocycles. The average molecular weight is 352 g/mol. The first-order valence-electron chi connectivity index (χ1n) is 9.63. The SMILES string of the molecule is O=C1[C@@H]2[C@H](C(=O)N1CCN1C(=O)[C@@H]3[C@H](C1=O)[C@H]1C=C[C@H]3C1)[C@@H]1C=C[C@H]2C1. The van der Waals surface area contributed by atoms with Crippen molar-refractivity contribution in [3.05, 3.63) is 24.3 Å². The molecule has 2 saturated carbocycles. The molecule has 6 aliphatic rings. The van der Waals surface area contributed by atoms with Crippen molar-refractivity contribution in [2.45, 2.75) is 12.8 Å². The highest BCUT2D eigenvalue weighted by Crippen LogP contribution is 2.53. The number of imide groups is 2. The van der Waals surface area contributed by atoms with E-state index in [2.05, 4.69) is 24.3 Å². The Morgan fingerprint density at radius 3 is 1.12 bits per heavy atom. The quantitative estimate of drug-likeness (QED) is 0.551. The number of amides is 4. The minimum Gasteiger partial charge on any atom is -0.280 e. The monoisotopic (exact) mass is 352 g/mol. The van der Waals surface area contributed by atoms with E-state index in [-0.39, 0.29) is 84.1 Å². The van der Waals surface area contributed by atoms with Crippen LogP contribution < -0.4 is 0 Å². The van der Waals surface area contributed by atoms with Gasteiger partial charge in [0.1, 0.15) is 0 Å². The molecular weight excluding hydrogens is 332 g/mol. The van der Waals surface area contributed by atoms with Crippen LogP contribution in [0.2, 0.25) is 0 Å². The van der Waals surface area contributed by atoms with Gasteiger partial charge in [-0.25, -0.2) is 0 Å². The topological polar surface area (TPSA) is 74.8 Å². The van der Waals surface area contributed by atoms with Gasteiger partial charge in [-0.15, -0.1) is 0 Å². The van der Waals surface area contributed by atoms with E-state index in [0.717, 1.165) is 12.8 Å². The molecule has 4 aliphatic carbocycles. The van der Waals surface area contributed by atoms with Gasteiger partial charge in [-0.2, -0.15) is 0 Å². The standard InChI is InChI=1S/C20H20N2O4/c23-17-13-9-1-2-10(7-9)14(13)18(24)21(17)5-6-22-19(25)15-11-3-4-12(8-11)16(15)20(22)26/h1-4,9-16H,5-8H2/t9-,10-,11-,12+,13-,14+,15-,16+/m0/s1. The van der Waals surface area contributed by atoms with Crippen molar-refractivity contribution in [3.63, 3.8) is 0 Å². The van der Waals surface area contributed by atoms with Gasteiger partial charge in [-0.05, 0) is 36.5 Å². The minimum atomic E-state index is -0.220. The first-order valence-corrected chi connectivity index (χ1v) is 9.63. The lowest BCUT2D eigenvalue weighted by Gasteiger charge is -2.22. The predicted molar refractivity (Wildman–Crippen MR) is 88.9 cm³/mol. The Morgan fingerprint density at radius 2 is 0.846 bits per heavy atom. The van der Waals surface area contributed by atoms with Crippen LogP contribution in [-0.4, -0.2) is 46.5 Å². The van der Waals surface area contributed by atoms with Gasteiger partial charge in [0.2, 0.25) is 23.6 Å². The fourth-order valence-corrected chi connectivity index (χ4v) is 6.57. The van der Waals surface area contributed by atoms with Gasteiger partial charge in [-0.3, -0.25) is 29.0 Å². The van der Waals surface area contributed by atoms with Crippen molar-refractivity contribution >= 4 is 23.6 Å². The molecular formula is C20H20N2O4. The van der Waals surface area contributed by atoms with E-state index < -0.39 is 0 Å². The van der Waals surface area contributed by atoms with Crippen LogP contribution >= 0.6 is 0 Å². The maximum absolute atomic E-state index is 12.7. The van der Waals surface area contributed by atoms with Gasteiger partial charge in [0.15, 0.2) is 0 Å². The lowest BCUT2D eigenvalue weighted by molar-refractivity contribution is -0.146. The molecule has 8 atom stereocenters. The second kappa shape index (κ2) is 4.72. The third-order valence-corrected chi connectivity index (χ3v) is 7.67. The number of likely N-dealkylation sites (tertiary alicyclic amines) is 2. The summed E-state index contributed by atoms with van der Waals surface area (Å²) in [6.45, 7) is 0.285. The smallest absolute Gasteiger partial charge is 0.233 e. The van der Waals surface area contributed by atoms with Crippen LogP contribution in [0, 0.1) is 47.3 Å². The van der Waals surface area contributed by atoms with Crippen molar-refractivity contribution in [2.75, 3.05) is 13.1 Å². The van der Waals surface area contributed by atoms with E-state index in [4.69, 9.17) is 0 Å². The molecule has 6 heteroatoms. The molecule has 0 unspecified atom stereocenters. The fourth-order valence-electron chi connectivity index (χ4n) is 6.57. The second-order valence-electron chi connectivity index (χ2n) is 8.66. The molecule has 0 spiro atoms. The van der Waals surface area contributed by atoms with Crippen LogP contribution in [0.25, 0.3) is 0 Å². The molecule has 0 aromatic carbocycles. The number of hydrogen-bond donors (Lipinski definition) is 0. The van der Waals surface area contributed by atoms with E-state index in [1.807, 2.05) is 0 Å². The van der Waals surface area contributed by atoms with Crippen LogP contribution in [0.1, 0.15) is 12.8 Å². The summed E-state index contributed by atoms with van der Waals surface area (Å²) in [5.74, 6) is -0.602. The number of allylic oxidation sites excluding steroid dienone is 4. The fraction of sp³-hybridized carbons (Fsp3) is 0.600. The average Bonchev–Trinajstić information content (AvgIpc) is 3.43. The van der Waals surface area contributed by atoms with Gasteiger partial charge in [0.25, 0.3) is 0 Å². The van der Waals surface area contributed by atoms with Crippen molar-refractivity contribution < 1.29 is 19.2 Å². The highest BCUT2D eigenvalue weighted by molar-refractivity contribution is 6.08. The van der Waals surface area contributed by atoms with Crippen molar-refractivity contribution in [2.24, 2.45) is 47.3 Å². The number of carbonyl (C=O) groups is 4. The van der Waals surface area contributed by atoms with E-state index >= 15 is 0 Å². The zero-order valence-corrected chi connectivity index (χ0v) is 14.3. The van der Waals surface area contributed by atoms with Gasteiger partial charge >= 0.3 is 0 Å². The molecule has 4 amide bonds. The van der Waals surface area contributed by atoms with Crippen LogP contribution in [0.3, 0.4) is 0 Å². The Bertz CT molecular complexity index is 702. The van der Waals surface area contributed by atoms with Gasteiger partial charge in [0.05, 0.1) is 23.7 Å². The van der Waals surface area contributed by atoms with E-state index in [9.17, 15) is 19.2 Å². The Kier molecular flexibility index (Phi) is 2.70. The molecule has 6 rings (SSSR count). The molecule has 0 radical (unpaired) electrons. The summed E-state index contributed by atoms with van der Waals surface area (Å²) in [7, 11) is 0. The predicted octanol–water partition coefficient (Wildman–Crippen LogP) is 0.601. The van der Waals surface area contributed by atoms with E-state index in [0.29, 0.717) is 0 Å². The molecule has 134 valence electrons. The van der Waals surface area contributed by atoms with E-state index in [1.165, 1.54) is 9.80 Å². The first kappa shape index (κ1) is 14.9. The summed E-state index contributed by atoms with van der Waals surface area (Å²) >= 11 is 0. The Morgan fingerprint density at radius 1 is 0.577 bits per heavy atom. The molecule has 0 aromatic rings. The molecule has 4 fully saturated rings. The Hall–Kier alpha value is -2.24. The summed E-state index contributed by atoms with van der Waals surface area (Å²) in [5, 5.41) is 0. The highest BCUT2D eigenvalue weighted by Gasteiger charge is 2.61. The maximum atomic E-state index is 12.7. The summed E-state index contributed by atoms with van der Waals surface area (Å²) in [4.78, 5) is 53.6. The molecule has 2 aliphatic heterocycles. The summed E-state index contributed by atoms with van der Waals surface area (Å²) in [6, 6.07) is 0. The maximum Gasteiger partial charge on any atom is 0.233 e. The molecule has 2 heterocycles. The molecule has 0 aromatic heterocycles. The molecule has 6 nitrogen and oxygen atoms in total. The number of carbonyl (C=O) groups excluding carboxylic acids is 4. The van der Waals surface area contributed by atoms with Crippen molar-refractivity contribution in [1.29, 1.82) is 0 Å². The zero-order valence-electron chi connectivity index (χ0n) is 14.3. The number of hydrogen-bond acceptors (Lipinski definition) is 4. The lowest BCUT2D eigenvalue weighted by Crippen LogP contribution is -2.42. The van der Waals surface area contributed by atoms with Crippen LogP contribution in [-0.2, 0) is 19.2 Å². The summed E-state index contributed by atoms with van der Waals surface area (Å²) < 4.78 is 0. The van der Waals surface area contributed by atoms with E-state index in [1.54, 1.807) is 0 Å². The molecule has 0 N–H and O–H groups in total. The van der Waals surface area contributed by atoms with Gasteiger partial charge < -0.3 is 0 Å². The number of nitrogens with zero attached hydrogens (tertiary/aromatic N) is 2. The van der Waals surface area contributed by atoms with Crippen LogP contribution in [0.4, 0.5) is 0 Å². The first-order chi connectivity index (χ1) is 12.6. The van der Waals surface area contributed by atoms with Crippen LogP contribution in [0.15, 0.2) is 24.3 Å². The Labute approximate surface area is 150 Å². The molecule has 4 bridgehead atoms. The van der Waals surface area contributed by atoms with Gasteiger partial charge in [-0.1, -0.05) is 24.3 Å². The summed E-state index contributed by atoms with van der Waals surface area (Å²) in [5.41, 5.74) is 0. The Balaban J connectivity index is 1.19. The van der Waals surface area contributed by atoms with Gasteiger partial charge in [0, 0.05) is 13.1 Å². The van der Waals surface area contributed by atoms with Crippen molar-refractivity contribution in [3.8, 4) is 0 Å². The molecule has 26 heavy (non-hydrogen) atoms. The normalized spacial score (nSPS) is 47.1. The van der Waals surface area contributed by atoms with Crippen molar-refractivity contribution in [1.82, 2.24) is 9.80 Å². The second-order valence-corrected chi connectivity index (χ2v) is 8.66. The highest BCUT2D eigenvalue weighted by atomic mass is 16.2. The minimum absolute atomic E-state index is 0.113. The largest absolute Gasteiger partial charge is 0.280 e.